The van der Waals surface area contributed by atoms with Crippen LogP contribution in [0, 0.1) is 0 Å². The number of halogens is 1. The topological polar surface area (TPSA) is 29.9 Å². The van der Waals surface area contributed by atoms with Crippen LogP contribution in [0.5, 0.6) is 0 Å². The molecular weight excluding hydrogens is 234 g/mol. The fraction of sp³-hybridized carbons (Fsp3) is 0.769. The Labute approximate surface area is 110 Å². The molecule has 1 rings (SSSR count). The number of nitrogens with one attached hydrogen (secondary N) is 1. The average molecular weight is 258 g/mol. The van der Waals surface area contributed by atoms with E-state index in [1.54, 1.807) is 0 Å². The molecule has 0 radical (unpaired) electrons. The molecule has 0 saturated carbocycles. The van der Waals surface area contributed by atoms with Crippen LogP contribution in [-0.4, -0.2) is 21.7 Å². The molecule has 0 aliphatic heterocycles. The zero-order chi connectivity index (χ0) is 12.7. The lowest BCUT2D eigenvalue weighted by Gasteiger charge is -2.14. The van der Waals surface area contributed by atoms with Crippen LogP contribution < -0.4 is 5.32 Å². The molecule has 17 heavy (non-hydrogen) atoms. The number of aromatic nitrogens is 2. The predicted molar refractivity (Wildman–Crippen MR) is 73.5 cm³/mol. The van der Waals surface area contributed by atoms with E-state index in [2.05, 4.69) is 43.4 Å². The van der Waals surface area contributed by atoms with Crippen LogP contribution in [-0.2, 0) is 6.54 Å². The molecule has 0 bridgehead atoms. The summed E-state index contributed by atoms with van der Waals surface area (Å²) in [6.45, 7) is 7.38. The van der Waals surface area contributed by atoms with Gasteiger partial charge in [-0.1, -0.05) is 13.8 Å². The quantitative estimate of drug-likeness (QED) is 0.724. The number of nitrogens with zero attached hydrogens (tertiary/aromatic N) is 2. The summed E-state index contributed by atoms with van der Waals surface area (Å²) >= 11 is 5.76. The highest BCUT2D eigenvalue weighted by atomic mass is 35.5. The van der Waals surface area contributed by atoms with E-state index in [0.717, 1.165) is 31.5 Å². The van der Waals surface area contributed by atoms with Gasteiger partial charge in [-0.3, -0.25) is 4.68 Å². The van der Waals surface area contributed by atoms with Crippen molar-refractivity contribution >= 4 is 11.6 Å². The number of hydrogen-bond donors (Lipinski definition) is 1. The fourth-order valence-electron chi connectivity index (χ4n) is 1.74. The first-order valence-electron chi connectivity index (χ1n) is 6.54. The summed E-state index contributed by atoms with van der Waals surface area (Å²) in [5, 5.41) is 8.07. The Balaban J connectivity index is 2.43. The van der Waals surface area contributed by atoms with Crippen LogP contribution in [0.15, 0.2) is 12.3 Å². The highest BCUT2D eigenvalue weighted by Crippen LogP contribution is 2.09. The predicted octanol–water partition coefficient (Wildman–Crippen LogP) is 3.35. The van der Waals surface area contributed by atoms with Crippen LogP contribution in [0.3, 0.4) is 0 Å². The first-order valence-corrected chi connectivity index (χ1v) is 7.08. The molecule has 4 heteroatoms. The summed E-state index contributed by atoms with van der Waals surface area (Å²) in [7, 11) is 0. The molecule has 2 unspecified atom stereocenters. The molecule has 0 aromatic carbocycles. The molecule has 3 nitrogen and oxygen atoms in total. The summed E-state index contributed by atoms with van der Waals surface area (Å²) in [4.78, 5) is 0. The van der Waals surface area contributed by atoms with Crippen LogP contribution >= 0.6 is 11.6 Å². The normalized spacial score (nSPS) is 14.8. The maximum atomic E-state index is 5.76. The minimum Gasteiger partial charge on any atom is -0.308 e. The van der Waals surface area contributed by atoms with Crippen molar-refractivity contribution in [1.29, 1.82) is 0 Å². The number of alkyl halides is 1. The lowest BCUT2D eigenvalue weighted by atomic mass is 10.2. The molecule has 98 valence electrons. The molecule has 1 aromatic heterocycles. The van der Waals surface area contributed by atoms with Gasteiger partial charge in [0.1, 0.15) is 0 Å². The van der Waals surface area contributed by atoms with Crippen molar-refractivity contribution < 1.29 is 0 Å². The SMILES string of the molecule is CCC(CCCl)NCc1ccn(C(C)CC)n1. The Morgan fingerprint density at radius 3 is 2.76 bits per heavy atom. The lowest BCUT2D eigenvalue weighted by molar-refractivity contribution is 0.456. The molecule has 0 aliphatic rings. The Kier molecular flexibility index (Phi) is 6.60. The van der Waals surface area contributed by atoms with Gasteiger partial charge in [-0.2, -0.15) is 5.10 Å². The fourth-order valence-corrected chi connectivity index (χ4v) is 2.00. The second-order valence-corrected chi connectivity index (χ2v) is 4.89. The molecule has 1 aromatic rings. The number of rotatable bonds is 8. The summed E-state index contributed by atoms with van der Waals surface area (Å²) in [6.07, 6.45) is 5.30. The summed E-state index contributed by atoms with van der Waals surface area (Å²) in [5.74, 6) is 0.715. The largest absolute Gasteiger partial charge is 0.308 e. The van der Waals surface area contributed by atoms with Gasteiger partial charge in [0.2, 0.25) is 0 Å². The smallest absolute Gasteiger partial charge is 0.0762 e. The van der Waals surface area contributed by atoms with E-state index < -0.39 is 0 Å². The minimum atomic E-state index is 0.480. The molecule has 0 saturated heterocycles. The standard InChI is InChI=1S/C13H24ClN3/c1-4-11(3)17-9-7-13(16-17)10-15-12(5-2)6-8-14/h7,9,11-12,15H,4-6,8,10H2,1-3H3. The molecule has 1 heterocycles. The zero-order valence-electron chi connectivity index (χ0n) is 11.1. The van der Waals surface area contributed by atoms with Crippen molar-refractivity contribution in [1.82, 2.24) is 15.1 Å². The molecule has 0 spiro atoms. The number of hydrogen-bond acceptors (Lipinski definition) is 2. The van der Waals surface area contributed by atoms with Crippen molar-refractivity contribution in [3.63, 3.8) is 0 Å². The maximum Gasteiger partial charge on any atom is 0.0762 e. The second-order valence-electron chi connectivity index (χ2n) is 4.51. The Morgan fingerprint density at radius 2 is 2.18 bits per heavy atom. The first-order chi connectivity index (χ1) is 8.21. The zero-order valence-corrected chi connectivity index (χ0v) is 11.9. The van der Waals surface area contributed by atoms with Gasteiger partial charge in [0, 0.05) is 30.7 Å². The third-order valence-electron chi connectivity index (χ3n) is 3.23. The van der Waals surface area contributed by atoms with Crippen molar-refractivity contribution in [2.45, 2.75) is 58.7 Å². The van der Waals surface area contributed by atoms with Gasteiger partial charge in [-0.15, -0.1) is 11.6 Å². The monoisotopic (exact) mass is 257 g/mol. The van der Waals surface area contributed by atoms with Crippen molar-refractivity contribution in [2.75, 3.05) is 5.88 Å². The molecule has 1 N–H and O–H groups in total. The highest BCUT2D eigenvalue weighted by Gasteiger charge is 2.07. The van der Waals surface area contributed by atoms with Gasteiger partial charge in [0.25, 0.3) is 0 Å². The van der Waals surface area contributed by atoms with E-state index in [-0.39, 0.29) is 0 Å². The minimum absolute atomic E-state index is 0.480. The lowest BCUT2D eigenvalue weighted by Crippen LogP contribution is -2.28. The van der Waals surface area contributed by atoms with Crippen molar-refractivity contribution in [3.05, 3.63) is 18.0 Å². The van der Waals surface area contributed by atoms with Gasteiger partial charge in [-0.25, -0.2) is 0 Å². The maximum absolute atomic E-state index is 5.76. The third kappa shape index (κ3) is 4.68. The second kappa shape index (κ2) is 7.72. The van der Waals surface area contributed by atoms with E-state index >= 15 is 0 Å². The molecule has 0 aliphatic carbocycles. The summed E-state index contributed by atoms with van der Waals surface area (Å²) in [5.41, 5.74) is 1.11. The highest BCUT2D eigenvalue weighted by molar-refractivity contribution is 6.17. The molecule has 2 atom stereocenters. The Morgan fingerprint density at radius 1 is 1.41 bits per heavy atom. The van der Waals surface area contributed by atoms with E-state index in [0.29, 0.717) is 18.0 Å². The van der Waals surface area contributed by atoms with Crippen molar-refractivity contribution in [2.24, 2.45) is 0 Å². The molecular formula is C13H24ClN3. The van der Waals surface area contributed by atoms with Gasteiger partial charge in [0.05, 0.1) is 5.69 Å². The summed E-state index contributed by atoms with van der Waals surface area (Å²) < 4.78 is 2.04. The van der Waals surface area contributed by atoms with E-state index in [4.69, 9.17) is 11.6 Å². The van der Waals surface area contributed by atoms with Crippen molar-refractivity contribution in [3.8, 4) is 0 Å². The first kappa shape index (κ1) is 14.5. The molecule has 0 fully saturated rings. The third-order valence-corrected chi connectivity index (χ3v) is 3.45. The molecule has 0 amide bonds. The van der Waals surface area contributed by atoms with Gasteiger partial charge < -0.3 is 5.32 Å². The van der Waals surface area contributed by atoms with Crippen LogP contribution in [0.4, 0.5) is 0 Å². The average Bonchev–Trinajstić information content (AvgIpc) is 2.82. The van der Waals surface area contributed by atoms with Gasteiger partial charge in [-0.05, 0) is 32.3 Å². The Hall–Kier alpha value is -0.540. The van der Waals surface area contributed by atoms with Crippen LogP contribution in [0.2, 0.25) is 0 Å². The summed E-state index contributed by atoms with van der Waals surface area (Å²) in [6, 6.07) is 3.07. The van der Waals surface area contributed by atoms with Gasteiger partial charge in [0.15, 0.2) is 0 Å². The van der Waals surface area contributed by atoms with Crippen LogP contribution in [0.1, 0.15) is 51.8 Å². The Bertz CT molecular complexity index is 311. The van der Waals surface area contributed by atoms with E-state index in [1.165, 1.54) is 0 Å². The van der Waals surface area contributed by atoms with E-state index in [1.807, 2.05) is 4.68 Å². The van der Waals surface area contributed by atoms with E-state index in [9.17, 15) is 0 Å². The van der Waals surface area contributed by atoms with Crippen LogP contribution in [0.25, 0.3) is 0 Å². The van der Waals surface area contributed by atoms with Gasteiger partial charge >= 0.3 is 0 Å².